The van der Waals surface area contributed by atoms with Crippen LogP contribution in [-0.2, 0) is 4.74 Å². The van der Waals surface area contributed by atoms with Crippen molar-refractivity contribution in [3.05, 3.63) is 16.0 Å². The van der Waals surface area contributed by atoms with Gasteiger partial charge in [-0.05, 0) is 37.0 Å². The van der Waals surface area contributed by atoms with Gasteiger partial charge in [0.15, 0.2) is 5.11 Å². The van der Waals surface area contributed by atoms with Crippen molar-refractivity contribution in [3.8, 4) is 0 Å². The maximum absolute atomic E-state index is 12.3. The number of amides is 1. The standard InChI is InChI=1S/C16H25N3O3S2/c1-9(2)7-8-17-16(23)18-13-11(15(21)22-6)10(3)12(24-13)14(20)19(4)5/h9H,7-8H2,1-6H3,(H2,17,18,23). The maximum Gasteiger partial charge on any atom is 0.341 e. The number of hydrogen-bond donors (Lipinski definition) is 2. The molecule has 6 nitrogen and oxygen atoms in total. The summed E-state index contributed by atoms with van der Waals surface area (Å²) >= 11 is 6.48. The van der Waals surface area contributed by atoms with E-state index >= 15 is 0 Å². The number of nitrogens with one attached hydrogen (secondary N) is 2. The molecule has 1 aromatic rings. The van der Waals surface area contributed by atoms with Crippen LogP contribution in [0.1, 0.15) is 45.9 Å². The number of thiophene rings is 1. The van der Waals surface area contributed by atoms with Crippen LogP contribution in [0.2, 0.25) is 0 Å². The molecule has 1 aromatic heterocycles. The zero-order valence-corrected chi connectivity index (χ0v) is 16.6. The lowest BCUT2D eigenvalue weighted by Gasteiger charge is -2.11. The molecule has 0 radical (unpaired) electrons. The van der Waals surface area contributed by atoms with Crippen molar-refractivity contribution in [1.82, 2.24) is 10.2 Å². The van der Waals surface area contributed by atoms with Crippen LogP contribution in [0.3, 0.4) is 0 Å². The Labute approximate surface area is 152 Å². The Morgan fingerprint density at radius 3 is 2.46 bits per heavy atom. The summed E-state index contributed by atoms with van der Waals surface area (Å²) in [6.07, 6.45) is 0.986. The Hall–Kier alpha value is -1.67. The van der Waals surface area contributed by atoms with Crippen LogP contribution in [0.25, 0.3) is 0 Å². The first-order valence-corrected chi connectivity index (χ1v) is 8.89. The molecule has 0 saturated carbocycles. The SMILES string of the molecule is COC(=O)c1c(NC(=S)NCCC(C)C)sc(C(=O)N(C)C)c1C. The van der Waals surface area contributed by atoms with Gasteiger partial charge in [-0.2, -0.15) is 0 Å². The lowest BCUT2D eigenvalue weighted by molar-refractivity contribution is 0.0601. The van der Waals surface area contributed by atoms with E-state index in [1.54, 1.807) is 21.0 Å². The third kappa shape index (κ3) is 5.17. The largest absolute Gasteiger partial charge is 0.465 e. The molecule has 0 saturated heterocycles. The van der Waals surface area contributed by atoms with Gasteiger partial charge in [0, 0.05) is 20.6 Å². The molecule has 0 aliphatic rings. The summed E-state index contributed by atoms with van der Waals surface area (Å²) in [5.74, 6) is -0.0809. The van der Waals surface area contributed by atoms with Crippen molar-refractivity contribution in [2.45, 2.75) is 27.2 Å². The molecule has 0 aromatic carbocycles. The van der Waals surface area contributed by atoms with Crippen molar-refractivity contribution in [2.75, 3.05) is 33.1 Å². The minimum absolute atomic E-state index is 0.158. The molecule has 1 heterocycles. The second-order valence-corrected chi connectivity index (χ2v) is 7.44. The van der Waals surface area contributed by atoms with Crippen LogP contribution < -0.4 is 10.6 Å². The summed E-state index contributed by atoms with van der Waals surface area (Å²) in [4.78, 5) is 26.4. The normalized spacial score (nSPS) is 10.5. The number of ether oxygens (including phenoxy) is 1. The van der Waals surface area contributed by atoms with Crippen LogP contribution in [0, 0.1) is 12.8 Å². The predicted octanol–water partition coefficient (Wildman–Crippen LogP) is 2.88. The van der Waals surface area contributed by atoms with Gasteiger partial charge in [-0.1, -0.05) is 13.8 Å². The van der Waals surface area contributed by atoms with Crippen molar-refractivity contribution < 1.29 is 14.3 Å². The average molecular weight is 372 g/mol. The summed E-state index contributed by atoms with van der Waals surface area (Å²) in [6.45, 7) is 6.75. The second kappa shape index (κ2) is 8.98. The van der Waals surface area contributed by atoms with Crippen molar-refractivity contribution in [3.63, 3.8) is 0 Å². The van der Waals surface area contributed by atoms with Gasteiger partial charge in [-0.15, -0.1) is 11.3 Å². The second-order valence-electron chi connectivity index (χ2n) is 6.01. The molecule has 0 unspecified atom stereocenters. The Morgan fingerprint density at radius 2 is 1.96 bits per heavy atom. The van der Waals surface area contributed by atoms with Crippen LogP contribution in [-0.4, -0.2) is 49.6 Å². The average Bonchev–Trinajstić information content (AvgIpc) is 2.81. The summed E-state index contributed by atoms with van der Waals surface area (Å²) in [7, 11) is 4.66. The van der Waals surface area contributed by atoms with Crippen LogP contribution in [0.15, 0.2) is 0 Å². The van der Waals surface area contributed by atoms with E-state index in [1.165, 1.54) is 23.3 Å². The number of nitrogens with zero attached hydrogens (tertiary/aromatic N) is 1. The van der Waals surface area contributed by atoms with E-state index in [9.17, 15) is 9.59 Å². The zero-order chi connectivity index (χ0) is 18.4. The lowest BCUT2D eigenvalue weighted by atomic mass is 10.1. The van der Waals surface area contributed by atoms with Crippen LogP contribution in [0.5, 0.6) is 0 Å². The van der Waals surface area contributed by atoms with E-state index in [4.69, 9.17) is 17.0 Å². The molecule has 0 aliphatic heterocycles. The molecular formula is C16H25N3O3S2. The Balaban J connectivity index is 3.04. The van der Waals surface area contributed by atoms with E-state index in [-0.39, 0.29) is 5.91 Å². The molecule has 2 N–H and O–H groups in total. The fourth-order valence-corrected chi connectivity index (χ4v) is 3.47. The van der Waals surface area contributed by atoms with Crippen molar-refractivity contribution >= 4 is 45.5 Å². The first-order valence-electron chi connectivity index (χ1n) is 7.67. The molecule has 0 spiro atoms. The highest BCUT2D eigenvalue weighted by molar-refractivity contribution is 7.80. The number of esters is 1. The number of anilines is 1. The van der Waals surface area contributed by atoms with Gasteiger partial charge < -0.3 is 20.3 Å². The lowest BCUT2D eigenvalue weighted by Crippen LogP contribution is -2.30. The number of rotatable bonds is 6. The van der Waals surface area contributed by atoms with Gasteiger partial charge in [-0.3, -0.25) is 4.79 Å². The number of carbonyl (C=O) groups excluding carboxylic acids is 2. The first kappa shape index (κ1) is 20.4. The highest BCUT2D eigenvalue weighted by atomic mass is 32.1. The quantitative estimate of drug-likeness (QED) is 0.592. The van der Waals surface area contributed by atoms with E-state index in [0.717, 1.165) is 13.0 Å². The van der Waals surface area contributed by atoms with Crippen LogP contribution >= 0.6 is 23.6 Å². The minimum Gasteiger partial charge on any atom is -0.465 e. The zero-order valence-electron chi connectivity index (χ0n) is 15.0. The predicted molar refractivity (Wildman–Crippen MR) is 102 cm³/mol. The smallest absolute Gasteiger partial charge is 0.341 e. The van der Waals surface area contributed by atoms with Crippen molar-refractivity contribution in [1.29, 1.82) is 0 Å². The third-order valence-corrected chi connectivity index (χ3v) is 4.81. The Morgan fingerprint density at radius 1 is 1.33 bits per heavy atom. The molecule has 1 rings (SSSR count). The molecule has 0 aliphatic carbocycles. The highest BCUT2D eigenvalue weighted by Gasteiger charge is 2.26. The van der Waals surface area contributed by atoms with E-state index in [1.807, 2.05) is 0 Å². The molecule has 8 heteroatoms. The Bertz CT molecular complexity index is 624. The summed E-state index contributed by atoms with van der Waals surface area (Å²) < 4.78 is 4.84. The Kier molecular flexibility index (Phi) is 7.62. The van der Waals surface area contributed by atoms with Gasteiger partial charge in [0.25, 0.3) is 5.91 Å². The maximum atomic E-state index is 12.3. The third-order valence-electron chi connectivity index (χ3n) is 3.37. The van der Waals surface area contributed by atoms with Gasteiger partial charge in [0.05, 0.1) is 17.6 Å². The van der Waals surface area contributed by atoms with E-state index in [0.29, 0.717) is 32.0 Å². The summed E-state index contributed by atoms with van der Waals surface area (Å²) in [5, 5.41) is 7.07. The van der Waals surface area contributed by atoms with E-state index < -0.39 is 5.97 Å². The number of hydrogen-bond acceptors (Lipinski definition) is 5. The van der Waals surface area contributed by atoms with Gasteiger partial charge in [0.2, 0.25) is 0 Å². The molecule has 0 atom stereocenters. The molecule has 1 amide bonds. The molecule has 134 valence electrons. The molecular weight excluding hydrogens is 346 g/mol. The molecule has 24 heavy (non-hydrogen) atoms. The fraction of sp³-hybridized carbons (Fsp3) is 0.562. The highest BCUT2D eigenvalue weighted by Crippen LogP contribution is 2.34. The van der Waals surface area contributed by atoms with Gasteiger partial charge >= 0.3 is 5.97 Å². The van der Waals surface area contributed by atoms with Crippen molar-refractivity contribution in [2.24, 2.45) is 5.92 Å². The van der Waals surface area contributed by atoms with E-state index in [2.05, 4.69) is 24.5 Å². The summed E-state index contributed by atoms with van der Waals surface area (Å²) in [5.41, 5.74) is 0.943. The van der Waals surface area contributed by atoms with Crippen LogP contribution in [0.4, 0.5) is 5.00 Å². The van der Waals surface area contributed by atoms with Gasteiger partial charge in [-0.25, -0.2) is 4.79 Å². The topological polar surface area (TPSA) is 70.7 Å². The number of thiocarbonyl (C=S) groups is 1. The molecule has 0 bridgehead atoms. The summed E-state index contributed by atoms with van der Waals surface area (Å²) in [6, 6.07) is 0. The van der Waals surface area contributed by atoms with Gasteiger partial charge in [0.1, 0.15) is 5.00 Å². The minimum atomic E-state index is -0.492. The molecule has 0 fully saturated rings. The monoisotopic (exact) mass is 371 g/mol. The number of methoxy groups -OCH3 is 1. The fourth-order valence-electron chi connectivity index (χ4n) is 1.98. The number of carbonyl (C=O) groups is 2. The first-order chi connectivity index (χ1) is 11.2.